The molecular formula is C23H39N3O4. The van der Waals surface area contributed by atoms with E-state index in [0.717, 1.165) is 24.8 Å². The Morgan fingerprint density at radius 2 is 1.70 bits per heavy atom. The van der Waals surface area contributed by atoms with Crippen LogP contribution in [0.25, 0.3) is 0 Å². The first-order valence-corrected chi connectivity index (χ1v) is 10.9. The smallest absolute Gasteiger partial charge is 0.407 e. The molecule has 170 valence electrons. The Morgan fingerprint density at radius 3 is 2.37 bits per heavy atom. The van der Waals surface area contributed by atoms with Gasteiger partial charge in [-0.3, -0.25) is 4.79 Å². The third kappa shape index (κ3) is 13.2. The summed E-state index contributed by atoms with van der Waals surface area (Å²) in [7, 11) is 0. The zero-order valence-electron chi connectivity index (χ0n) is 19.0. The second-order valence-corrected chi connectivity index (χ2v) is 8.19. The lowest BCUT2D eigenvalue weighted by atomic mass is 10.1. The van der Waals surface area contributed by atoms with Crippen LogP contribution in [0.3, 0.4) is 0 Å². The topological polar surface area (TPSA) is 88.7 Å². The summed E-state index contributed by atoms with van der Waals surface area (Å²) in [5, 5.41) is 9.11. The number of nitrogens with one attached hydrogen (secondary N) is 3. The lowest BCUT2D eigenvalue weighted by molar-refractivity contribution is -0.123. The molecule has 0 aliphatic heterocycles. The molecule has 0 aliphatic rings. The van der Waals surface area contributed by atoms with Gasteiger partial charge in [0.1, 0.15) is 5.60 Å². The molecule has 1 aromatic carbocycles. The zero-order chi connectivity index (χ0) is 22.2. The van der Waals surface area contributed by atoms with Gasteiger partial charge in [0.05, 0.1) is 6.04 Å². The van der Waals surface area contributed by atoms with E-state index in [-0.39, 0.29) is 11.9 Å². The highest BCUT2D eigenvalue weighted by Gasteiger charge is 2.18. The SMILES string of the molecule is CCOCCCNC(=O)[C@H](CCCCNC(=O)OC(C)(C)C)NCc1ccccc1. The number of hydrogen-bond donors (Lipinski definition) is 3. The molecule has 0 aliphatic carbocycles. The molecule has 7 heteroatoms. The maximum absolute atomic E-state index is 12.6. The Balaban J connectivity index is 2.40. The van der Waals surface area contributed by atoms with E-state index in [2.05, 4.69) is 16.0 Å². The molecular weight excluding hydrogens is 382 g/mol. The Kier molecular flexibility index (Phi) is 12.8. The Morgan fingerprint density at radius 1 is 1.00 bits per heavy atom. The number of ether oxygens (including phenoxy) is 2. The maximum Gasteiger partial charge on any atom is 0.407 e. The summed E-state index contributed by atoms with van der Waals surface area (Å²) in [4.78, 5) is 24.3. The van der Waals surface area contributed by atoms with Crippen LogP contribution in [0.5, 0.6) is 0 Å². The van der Waals surface area contributed by atoms with Crippen molar-refractivity contribution in [3.8, 4) is 0 Å². The fourth-order valence-electron chi connectivity index (χ4n) is 2.79. The van der Waals surface area contributed by atoms with Crippen LogP contribution >= 0.6 is 0 Å². The van der Waals surface area contributed by atoms with Crippen molar-refractivity contribution >= 4 is 12.0 Å². The van der Waals surface area contributed by atoms with Crippen molar-refractivity contribution in [2.45, 2.75) is 71.6 Å². The van der Waals surface area contributed by atoms with E-state index in [1.54, 1.807) is 0 Å². The fourth-order valence-corrected chi connectivity index (χ4v) is 2.79. The van der Waals surface area contributed by atoms with Crippen LogP contribution in [-0.2, 0) is 20.8 Å². The minimum Gasteiger partial charge on any atom is -0.444 e. The lowest BCUT2D eigenvalue weighted by Crippen LogP contribution is -2.44. The van der Waals surface area contributed by atoms with Crippen LogP contribution in [0.1, 0.15) is 58.9 Å². The summed E-state index contributed by atoms with van der Waals surface area (Å²) in [5.74, 6) is 0.00234. The number of hydrogen-bond acceptors (Lipinski definition) is 5. The standard InChI is InChI=1S/C23H39N3O4/c1-5-29-17-11-16-24-21(27)20(26-18-19-12-7-6-8-13-19)14-9-10-15-25-22(28)30-23(2,3)4/h6-8,12-13,20,26H,5,9-11,14-18H2,1-4H3,(H,24,27)(H,25,28)/t20-/m0/s1. The highest BCUT2D eigenvalue weighted by molar-refractivity contribution is 5.81. The summed E-state index contributed by atoms with van der Waals surface area (Å²) in [6, 6.07) is 9.75. The molecule has 0 radical (unpaired) electrons. The Labute approximate surface area is 181 Å². The van der Waals surface area contributed by atoms with Crippen LogP contribution in [-0.4, -0.2) is 49.9 Å². The van der Waals surface area contributed by atoms with Gasteiger partial charge < -0.3 is 25.4 Å². The normalized spacial score (nSPS) is 12.3. The van der Waals surface area contributed by atoms with E-state index >= 15 is 0 Å². The molecule has 0 fully saturated rings. The number of carbonyl (C=O) groups excluding carboxylic acids is 2. The van der Waals surface area contributed by atoms with Gasteiger partial charge in [-0.1, -0.05) is 30.3 Å². The van der Waals surface area contributed by atoms with Gasteiger partial charge >= 0.3 is 6.09 Å². The molecule has 0 spiro atoms. The van der Waals surface area contributed by atoms with Gasteiger partial charge in [0.2, 0.25) is 5.91 Å². The molecule has 2 amide bonds. The van der Waals surface area contributed by atoms with Crippen LogP contribution in [0.2, 0.25) is 0 Å². The monoisotopic (exact) mass is 421 g/mol. The van der Waals surface area contributed by atoms with Crippen molar-refractivity contribution in [3.05, 3.63) is 35.9 Å². The minimum atomic E-state index is -0.503. The van der Waals surface area contributed by atoms with E-state index in [1.165, 1.54) is 0 Å². The van der Waals surface area contributed by atoms with Gasteiger partial charge in [0.15, 0.2) is 0 Å². The second-order valence-electron chi connectivity index (χ2n) is 8.19. The maximum atomic E-state index is 12.6. The first-order valence-electron chi connectivity index (χ1n) is 10.9. The number of benzene rings is 1. The third-order valence-corrected chi connectivity index (χ3v) is 4.27. The van der Waals surface area contributed by atoms with Gasteiger partial charge in [0.25, 0.3) is 0 Å². The second kappa shape index (κ2) is 14.8. The van der Waals surface area contributed by atoms with Crippen molar-refractivity contribution in [2.24, 2.45) is 0 Å². The predicted molar refractivity (Wildman–Crippen MR) is 119 cm³/mol. The number of unbranched alkanes of at least 4 members (excludes halogenated alkanes) is 1. The van der Waals surface area contributed by atoms with E-state index in [0.29, 0.717) is 39.3 Å². The molecule has 0 saturated heterocycles. The molecule has 1 rings (SSSR count). The molecule has 1 aromatic rings. The van der Waals surface area contributed by atoms with Gasteiger partial charge in [-0.15, -0.1) is 0 Å². The van der Waals surface area contributed by atoms with Gasteiger partial charge in [-0.25, -0.2) is 4.79 Å². The number of carbonyl (C=O) groups is 2. The molecule has 0 saturated carbocycles. The lowest BCUT2D eigenvalue weighted by Gasteiger charge is -2.20. The highest BCUT2D eigenvalue weighted by Crippen LogP contribution is 2.07. The molecule has 0 unspecified atom stereocenters. The largest absolute Gasteiger partial charge is 0.444 e. The average molecular weight is 422 g/mol. The van der Waals surface area contributed by atoms with Crippen LogP contribution < -0.4 is 16.0 Å². The van der Waals surface area contributed by atoms with Gasteiger partial charge in [0, 0.05) is 32.8 Å². The van der Waals surface area contributed by atoms with E-state index in [9.17, 15) is 9.59 Å². The van der Waals surface area contributed by atoms with E-state index in [1.807, 2.05) is 58.0 Å². The van der Waals surface area contributed by atoms with Crippen molar-refractivity contribution < 1.29 is 19.1 Å². The van der Waals surface area contributed by atoms with E-state index < -0.39 is 11.7 Å². The molecule has 30 heavy (non-hydrogen) atoms. The molecule has 3 N–H and O–H groups in total. The summed E-state index contributed by atoms with van der Waals surface area (Å²) in [6.45, 7) is 10.6. The molecule has 0 bridgehead atoms. The highest BCUT2D eigenvalue weighted by atomic mass is 16.6. The molecule has 0 aromatic heterocycles. The summed E-state index contributed by atoms with van der Waals surface area (Å²) in [6.07, 6.45) is 2.67. The van der Waals surface area contributed by atoms with Crippen LogP contribution in [0.15, 0.2) is 30.3 Å². The third-order valence-electron chi connectivity index (χ3n) is 4.27. The summed E-state index contributed by atoms with van der Waals surface area (Å²) in [5.41, 5.74) is 0.634. The summed E-state index contributed by atoms with van der Waals surface area (Å²) >= 11 is 0. The van der Waals surface area contributed by atoms with Gasteiger partial charge in [-0.2, -0.15) is 0 Å². The van der Waals surface area contributed by atoms with Crippen molar-refractivity contribution in [1.82, 2.24) is 16.0 Å². The Bertz CT molecular complexity index is 602. The fraction of sp³-hybridized carbons (Fsp3) is 0.652. The average Bonchev–Trinajstić information content (AvgIpc) is 2.69. The van der Waals surface area contributed by atoms with Crippen LogP contribution in [0, 0.1) is 0 Å². The van der Waals surface area contributed by atoms with Gasteiger partial charge in [-0.05, 0) is 58.9 Å². The number of alkyl carbamates (subject to hydrolysis) is 1. The van der Waals surface area contributed by atoms with Crippen LogP contribution in [0.4, 0.5) is 4.79 Å². The van der Waals surface area contributed by atoms with Crippen molar-refractivity contribution in [1.29, 1.82) is 0 Å². The minimum absolute atomic E-state index is 0.00234. The first-order chi connectivity index (χ1) is 14.3. The van der Waals surface area contributed by atoms with Crippen molar-refractivity contribution in [2.75, 3.05) is 26.3 Å². The predicted octanol–water partition coefficient (Wildman–Crippen LogP) is 3.38. The quantitative estimate of drug-likeness (QED) is 0.401. The van der Waals surface area contributed by atoms with Crippen molar-refractivity contribution in [3.63, 3.8) is 0 Å². The molecule has 7 nitrogen and oxygen atoms in total. The molecule has 0 heterocycles. The Hall–Kier alpha value is -2.12. The number of amides is 2. The number of rotatable bonds is 14. The van der Waals surface area contributed by atoms with E-state index in [4.69, 9.17) is 9.47 Å². The summed E-state index contributed by atoms with van der Waals surface area (Å²) < 4.78 is 10.5. The first kappa shape index (κ1) is 25.9. The zero-order valence-corrected chi connectivity index (χ0v) is 19.0. The molecule has 1 atom stereocenters.